The molecular formula is C16H17N5O4. The molecule has 0 aliphatic heterocycles. The van der Waals surface area contributed by atoms with Crippen LogP contribution < -0.4 is 16.1 Å². The van der Waals surface area contributed by atoms with Crippen LogP contribution in [0.25, 0.3) is 11.2 Å². The summed E-state index contributed by atoms with van der Waals surface area (Å²) in [4.78, 5) is 36.4. The minimum atomic E-state index is -0.563. The molecule has 130 valence electrons. The largest absolute Gasteiger partial charge is 0.496 e. The number of imidazole rings is 1. The number of hydrogen-bond acceptors (Lipinski definition) is 8. The average molecular weight is 343 g/mol. The molecule has 0 aliphatic carbocycles. The summed E-state index contributed by atoms with van der Waals surface area (Å²) in [6.07, 6.45) is 3.06. The van der Waals surface area contributed by atoms with Gasteiger partial charge in [-0.1, -0.05) is 0 Å². The average Bonchev–Trinajstić information content (AvgIpc) is 2.99. The van der Waals surface area contributed by atoms with Crippen molar-refractivity contribution < 1.29 is 13.9 Å². The molecule has 0 saturated carbocycles. The van der Waals surface area contributed by atoms with E-state index in [0.717, 1.165) is 6.07 Å². The number of nitrogens with zero attached hydrogens (tertiary/aromatic N) is 4. The monoisotopic (exact) mass is 343 g/mol. The van der Waals surface area contributed by atoms with Gasteiger partial charge in [-0.2, -0.15) is 0 Å². The van der Waals surface area contributed by atoms with E-state index in [-0.39, 0.29) is 41.1 Å². The van der Waals surface area contributed by atoms with Crippen LogP contribution in [-0.4, -0.2) is 32.4 Å². The fourth-order valence-electron chi connectivity index (χ4n) is 2.74. The van der Waals surface area contributed by atoms with Crippen molar-refractivity contribution in [2.24, 2.45) is 0 Å². The van der Waals surface area contributed by atoms with Gasteiger partial charge in [-0.25, -0.2) is 19.7 Å². The standard InChI is InChI=1S/C16H17N5O4/c1-8(21-7-20-14-15(17)18-6-19-16(14)21)4-10(22)13-9(2)25-12(23)5-11(13)24-3/h5-8H,4H2,1-3H3,(H2,17,18,19)/t8-/m0/s1. The third-order valence-corrected chi connectivity index (χ3v) is 3.94. The second kappa shape index (κ2) is 6.34. The fraction of sp³-hybridized carbons (Fsp3) is 0.312. The van der Waals surface area contributed by atoms with Gasteiger partial charge in [-0.05, 0) is 13.8 Å². The number of carbonyl (C=O) groups is 1. The Hall–Kier alpha value is -3.23. The second-order valence-corrected chi connectivity index (χ2v) is 5.62. The molecule has 2 N–H and O–H groups in total. The van der Waals surface area contributed by atoms with Crippen LogP contribution >= 0.6 is 0 Å². The number of rotatable bonds is 5. The normalized spacial score (nSPS) is 12.3. The Balaban J connectivity index is 1.93. The lowest BCUT2D eigenvalue weighted by Crippen LogP contribution is -2.15. The number of carbonyl (C=O) groups excluding carboxylic acids is 1. The summed E-state index contributed by atoms with van der Waals surface area (Å²) in [7, 11) is 1.40. The molecule has 0 saturated heterocycles. The summed E-state index contributed by atoms with van der Waals surface area (Å²) in [6.45, 7) is 3.42. The van der Waals surface area contributed by atoms with Crippen molar-refractivity contribution in [2.75, 3.05) is 12.8 Å². The molecule has 0 radical (unpaired) electrons. The highest BCUT2D eigenvalue weighted by Crippen LogP contribution is 2.26. The lowest BCUT2D eigenvalue weighted by atomic mass is 10.0. The lowest BCUT2D eigenvalue weighted by Gasteiger charge is -2.15. The van der Waals surface area contributed by atoms with Crippen LogP contribution in [-0.2, 0) is 0 Å². The molecule has 0 amide bonds. The number of hydrogen-bond donors (Lipinski definition) is 1. The Morgan fingerprint density at radius 2 is 2.16 bits per heavy atom. The van der Waals surface area contributed by atoms with E-state index >= 15 is 0 Å². The highest BCUT2D eigenvalue weighted by Gasteiger charge is 2.22. The number of aryl methyl sites for hydroxylation is 1. The molecular weight excluding hydrogens is 326 g/mol. The first-order chi connectivity index (χ1) is 11.9. The van der Waals surface area contributed by atoms with Gasteiger partial charge in [0.1, 0.15) is 23.4 Å². The van der Waals surface area contributed by atoms with E-state index in [4.69, 9.17) is 14.9 Å². The number of ketones is 1. The Labute approximate surface area is 142 Å². The van der Waals surface area contributed by atoms with Gasteiger partial charge in [0, 0.05) is 12.5 Å². The number of nitrogens with two attached hydrogens (primary N) is 1. The van der Waals surface area contributed by atoms with Crippen LogP contribution in [0, 0.1) is 6.92 Å². The first-order valence-electron chi connectivity index (χ1n) is 7.57. The van der Waals surface area contributed by atoms with Crippen LogP contribution in [0.1, 0.15) is 35.5 Å². The predicted octanol–water partition coefficient (Wildman–Crippen LogP) is 1.51. The van der Waals surface area contributed by atoms with Crippen molar-refractivity contribution in [3.05, 3.63) is 40.5 Å². The zero-order chi connectivity index (χ0) is 18.1. The number of methoxy groups -OCH3 is 1. The maximum Gasteiger partial charge on any atom is 0.339 e. The number of ether oxygens (including phenoxy) is 1. The Morgan fingerprint density at radius 3 is 2.88 bits per heavy atom. The molecule has 3 heterocycles. The number of aromatic nitrogens is 4. The molecule has 9 heteroatoms. The van der Waals surface area contributed by atoms with E-state index in [1.54, 1.807) is 17.8 Å². The van der Waals surface area contributed by atoms with Crippen LogP contribution in [0.4, 0.5) is 5.82 Å². The maximum absolute atomic E-state index is 12.7. The first-order valence-corrected chi connectivity index (χ1v) is 7.57. The van der Waals surface area contributed by atoms with Gasteiger partial charge in [-0.15, -0.1) is 0 Å². The van der Waals surface area contributed by atoms with Gasteiger partial charge in [0.15, 0.2) is 17.2 Å². The van der Waals surface area contributed by atoms with Gasteiger partial charge in [-0.3, -0.25) is 4.79 Å². The summed E-state index contributed by atoms with van der Waals surface area (Å²) < 4.78 is 11.9. The van der Waals surface area contributed by atoms with Crippen LogP contribution in [0.3, 0.4) is 0 Å². The van der Waals surface area contributed by atoms with Crippen molar-refractivity contribution in [1.29, 1.82) is 0 Å². The van der Waals surface area contributed by atoms with E-state index in [2.05, 4.69) is 15.0 Å². The molecule has 0 aliphatic rings. The third-order valence-electron chi connectivity index (χ3n) is 3.94. The van der Waals surface area contributed by atoms with Gasteiger partial charge in [0.25, 0.3) is 0 Å². The molecule has 3 aromatic heterocycles. The van der Waals surface area contributed by atoms with E-state index in [1.807, 2.05) is 6.92 Å². The summed E-state index contributed by atoms with van der Waals surface area (Å²) >= 11 is 0. The molecule has 0 bridgehead atoms. The Morgan fingerprint density at radius 1 is 1.40 bits per heavy atom. The zero-order valence-corrected chi connectivity index (χ0v) is 14.0. The quantitative estimate of drug-likeness (QED) is 0.691. The molecule has 0 fully saturated rings. The summed E-state index contributed by atoms with van der Waals surface area (Å²) in [5.74, 6) is 0.496. The summed E-state index contributed by atoms with van der Waals surface area (Å²) in [6, 6.07) is 0.911. The Kier molecular flexibility index (Phi) is 4.22. The minimum absolute atomic E-state index is 0.139. The second-order valence-electron chi connectivity index (χ2n) is 5.62. The molecule has 0 unspecified atom stereocenters. The fourth-order valence-corrected chi connectivity index (χ4v) is 2.74. The van der Waals surface area contributed by atoms with Crippen molar-refractivity contribution >= 4 is 22.8 Å². The van der Waals surface area contributed by atoms with E-state index in [9.17, 15) is 9.59 Å². The lowest BCUT2D eigenvalue weighted by molar-refractivity contribution is 0.0960. The van der Waals surface area contributed by atoms with Crippen molar-refractivity contribution in [3.63, 3.8) is 0 Å². The molecule has 3 rings (SSSR count). The molecule has 3 aromatic rings. The molecule has 0 spiro atoms. The third kappa shape index (κ3) is 2.95. The number of anilines is 1. The van der Waals surface area contributed by atoms with Crippen LogP contribution in [0.2, 0.25) is 0 Å². The summed E-state index contributed by atoms with van der Waals surface area (Å²) in [5.41, 5.74) is 6.51. The van der Waals surface area contributed by atoms with Gasteiger partial charge >= 0.3 is 5.63 Å². The van der Waals surface area contributed by atoms with E-state index in [0.29, 0.717) is 11.2 Å². The molecule has 1 atom stereocenters. The summed E-state index contributed by atoms with van der Waals surface area (Å²) in [5, 5.41) is 0. The minimum Gasteiger partial charge on any atom is -0.496 e. The zero-order valence-electron chi connectivity index (χ0n) is 14.0. The van der Waals surface area contributed by atoms with Crippen molar-refractivity contribution in [2.45, 2.75) is 26.3 Å². The molecule has 9 nitrogen and oxygen atoms in total. The van der Waals surface area contributed by atoms with E-state index < -0.39 is 5.63 Å². The van der Waals surface area contributed by atoms with Gasteiger partial charge in [0.05, 0.1) is 25.1 Å². The van der Waals surface area contributed by atoms with Crippen LogP contribution in [0.15, 0.2) is 27.9 Å². The van der Waals surface area contributed by atoms with E-state index in [1.165, 1.54) is 13.4 Å². The van der Waals surface area contributed by atoms with Crippen LogP contribution in [0.5, 0.6) is 5.75 Å². The van der Waals surface area contributed by atoms with Crippen molar-refractivity contribution in [1.82, 2.24) is 19.5 Å². The molecule has 25 heavy (non-hydrogen) atoms. The van der Waals surface area contributed by atoms with Gasteiger partial charge < -0.3 is 19.5 Å². The highest BCUT2D eigenvalue weighted by molar-refractivity contribution is 5.99. The number of Topliss-reactive ketones (excluding diaryl/α,β-unsaturated/α-hetero) is 1. The van der Waals surface area contributed by atoms with Gasteiger partial charge in [0.2, 0.25) is 0 Å². The smallest absolute Gasteiger partial charge is 0.339 e. The topological polar surface area (TPSA) is 126 Å². The maximum atomic E-state index is 12.7. The predicted molar refractivity (Wildman–Crippen MR) is 89.7 cm³/mol. The SMILES string of the molecule is COc1cc(=O)oc(C)c1C(=O)C[C@H](C)n1cnc2c(N)ncnc21. The number of fused-ring (bicyclic) bond motifs is 1. The van der Waals surface area contributed by atoms with Crippen molar-refractivity contribution in [3.8, 4) is 5.75 Å². The highest BCUT2D eigenvalue weighted by atomic mass is 16.5. The number of nitrogen functional groups attached to an aromatic ring is 1. The Bertz CT molecular complexity index is 1010. The molecule has 0 aromatic carbocycles. The first kappa shape index (κ1) is 16.6.